The number of hydrogen-bond acceptors (Lipinski definition) is 6. The van der Waals surface area contributed by atoms with Crippen molar-refractivity contribution in [3.63, 3.8) is 0 Å². The molecular weight excluding hydrogens is 336 g/mol. The van der Waals surface area contributed by atoms with Gasteiger partial charge in [-0.1, -0.05) is 40.1 Å². The Bertz CT molecular complexity index is 438. The summed E-state index contributed by atoms with van der Waals surface area (Å²) in [4.78, 5) is 20.1. The molecule has 0 bridgehead atoms. The Morgan fingerprint density at radius 2 is 2.21 bits per heavy atom. The zero-order chi connectivity index (χ0) is 14.8. The first-order valence-electron chi connectivity index (χ1n) is 5.04. The van der Waals surface area contributed by atoms with Crippen LogP contribution in [0.3, 0.4) is 0 Å². The molecular formula is C9H12Cl2FN3O2S2. The second-order valence-electron chi connectivity index (χ2n) is 4.03. The number of aliphatic imine (C=N–C) groups is 1. The average Bonchev–Trinajstić information content (AvgIpc) is 2.45. The maximum Gasteiger partial charge on any atom is 0.446 e. The van der Waals surface area contributed by atoms with Crippen LogP contribution in [0.2, 0.25) is 0 Å². The van der Waals surface area contributed by atoms with E-state index in [1.165, 1.54) is 18.8 Å². The lowest BCUT2D eigenvalue weighted by molar-refractivity contribution is 0.137. The van der Waals surface area contributed by atoms with E-state index in [2.05, 4.69) is 15.0 Å². The molecule has 1 heterocycles. The van der Waals surface area contributed by atoms with E-state index in [4.69, 9.17) is 23.2 Å². The van der Waals surface area contributed by atoms with Crippen LogP contribution in [0.4, 0.5) is 9.18 Å². The highest BCUT2D eigenvalue weighted by atomic mass is 35.5. The molecule has 0 atom stereocenters. The Morgan fingerprint density at radius 3 is 2.63 bits per heavy atom. The first-order valence-corrected chi connectivity index (χ1v) is 7.39. The summed E-state index contributed by atoms with van der Waals surface area (Å²) >= 11 is 11.9. The van der Waals surface area contributed by atoms with E-state index in [0.29, 0.717) is 10.8 Å². The van der Waals surface area contributed by atoms with Gasteiger partial charge < -0.3 is 0 Å². The van der Waals surface area contributed by atoms with Crippen molar-refractivity contribution in [1.82, 2.24) is 4.31 Å². The summed E-state index contributed by atoms with van der Waals surface area (Å²) in [6.07, 6.45) is -0.890. The van der Waals surface area contributed by atoms with E-state index in [1.807, 2.05) is 13.8 Å². The zero-order valence-corrected chi connectivity index (χ0v) is 13.8. The number of carbonyl (C=O) groups excluding carboxylic acids is 1. The molecule has 0 radical (unpaired) electrons. The maximum atomic E-state index is 12.9. The van der Waals surface area contributed by atoms with Gasteiger partial charge in [0.25, 0.3) is 0 Å². The van der Waals surface area contributed by atoms with Crippen molar-refractivity contribution < 1.29 is 14.0 Å². The monoisotopic (exact) mass is 347 g/mol. The van der Waals surface area contributed by atoms with E-state index < -0.39 is 10.0 Å². The lowest BCUT2D eigenvalue weighted by atomic mass is 10.4. The van der Waals surface area contributed by atoms with Crippen LogP contribution in [-0.2, 0) is 4.84 Å². The molecule has 0 aromatic carbocycles. The molecule has 108 valence electrons. The summed E-state index contributed by atoms with van der Waals surface area (Å²) < 4.78 is 11.1. The molecule has 0 aromatic heterocycles. The van der Waals surface area contributed by atoms with E-state index in [-0.39, 0.29) is 16.8 Å². The molecule has 10 heteroatoms. The normalized spacial score (nSPS) is 20.4. The highest BCUT2D eigenvalue weighted by Gasteiger charge is 2.31. The first-order chi connectivity index (χ1) is 8.50. The zero-order valence-electron chi connectivity index (χ0n) is 10.6. The number of nitrogens with zero attached hydrogens (tertiary/aromatic N) is 3. The first kappa shape index (κ1) is 16.9. The van der Waals surface area contributed by atoms with Gasteiger partial charge in [-0.05, 0) is 20.8 Å². The van der Waals surface area contributed by atoms with Gasteiger partial charge in [0.05, 0.1) is 5.71 Å². The molecule has 0 N–H and O–H groups in total. The third-order valence-electron chi connectivity index (χ3n) is 1.80. The molecule has 1 aliphatic rings. The third-order valence-corrected chi connectivity index (χ3v) is 4.00. The highest BCUT2D eigenvalue weighted by Crippen LogP contribution is 2.38. The number of hydrogen-bond donors (Lipinski definition) is 0. The molecule has 0 aromatic rings. The fraction of sp³-hybridized carbons (Fsp3) is 0.667. The fourth-order valence-corrected chi connectivity index (χ4v) is 3.16. The van der Waals surface area contributed by atoms with Gasteiger partial charge in [-0.15, -0.1) is 0 Å². The molecule has 0 saturated heterocycles. The minimum absolute atomic E-state index is 0.265. The molecule has 0 saturated carbocycles. The van der Waals surface area contributed by atoms with E-state index in [9.17, 15) is 9.18 Å². The Morgan fingerprint density at radius 1 is 1.63 bits per heavy atom. The Hall–Kier alpha value is -0.180. The van der Waals surface area contributed by atoms with Crippen molar-refractivity contribution in [3.05, 3.63) is 0 Å². The number of carbonyl (C=O) groups is 1. The lowest BCUT2D eigenvalue weighted by Gasteiger charge is -2.16. The predicted molar refractivity (Wildman–Crippen MR) is 79.6 cm³/mol. The van der Waals surface area contributed by atoms with Gasteiger partial charge in [-0.3, -0.25) is 9.83 Å². The van der Waals surface area contributed by atoms with Gasteiger partial charge in [0, 0.05) is 19.0 Å². The molecule has 1 amide bonds. The molecule has 5 nitrogen and oxygen atoms in total. The summed E-state index contributed by atoms with van der Waals surface area (Å²) in [5.74, 6) is 0. The van der Waals surface area contributed by atoms with Crippen molar-refractivity contribution in [1.29, 1.82) is 0 Å². The average molecular weight is 348 g/mol. The third kappa shape index (κ3) is 5.76. The van der Waals surface area contributed by atoms with Crippen molar-refractivity contribution in [2.24, 2.45) is 10.1 Å². The van der Waals surface area contributed by atoms with Crippen molar-refractivity contribution in [3.8, 4) is 0 Å². The minimum atomic E-state index is -2.61. The lowest BCUT2D eigenvalue weighted by Crippen LogP contribution is -2.23. The highest BCUT2D eigenvalue weighted by molar-refractivity contribution is 8.17. The van der Waals surface area contributed by atoms with Crippen LogP contribution in [-0.4, -0.2) is 37.0 Å². The summed E-state index contributed by atoms with van der Waals surface area (Å²) in [5, 5.41) is 4.19. The summed E-state index contributed by atoms with van der Waals surface area (Å²) in [6.45, 7) is 5.58. The summed E-state index contributed by atoms with van der Waals surface area (Å²) in [5.41, 5.74) is 0.674. The Kier molecular flexibility index (Phi) is 5.39. The van der Waals surface area contributed by atoms with Crippen LogP contribution in [0.15, 0.2) is 10.1 Å². The molecule has 0 spiro atoms. The summed E-state index contributed by atoms with van der Waals surface area (Å²) in [7, 11) is 1.26. The van der Waals surface area contributed by atoms with Crippen LogP contribution in [0.1, 0.15) is 20.8 Å². The van der Waals surface area contributed by atoms with Gasteiger partial charge in [0.15, 0.2) is 5.04 Å². The van der Waals surface area contributed by atoms with Crippen molar-refractivity contribution >= 4 is 63.8 Å². The van der Waals surface area contributed by atoms with Crippen LogP contribution in [0.25, 0.3) is 0 Å². The summed E-state index contributed by atoms with van der Waals surface area (Å²) in [6, 6.07) is 0. The minimum Gasteiger partial charge on any atom is -0.296 e. The van der Waals surface area contributed by atoms with Gasteiger partial charge in [0.2, 0.25) is 0 Å². The quantitative estimate of drug-likeness (QED) is 0.335. The molecule has 19 heavy (non-hydrogen) atoms. The Balaban J connectivity index is 2.58. The van der Waals surface area contributed by atoms with Gasteiger partial charge in [-0.2, -0.15) is 4.39 Å². The smallest absolute Gasteiger partial charge is 0.296 e. The van der Waals surface area contributed by atoms with Crippen LogP contribution in [0, 0.1) is 0 Å². The van der Waals surface area contributed by atoms with Crippen molar-refractivity contribution in [2.45, 2.75) is 29.6 Å². The SMILES string of the molecule is CC1=NC(C)(C)SC1=NOC(=O)N(C)SC(F)(Cl)Cl. The topological polar surface area (TPSA) is 54.3 Å². The molecule has 1 aliphatic heterocycles. The number of thioether (sulfide) groups is 1. The van der Waals surface area contributed by atoms with E-state index in [0.717, 1.165) is 4.31 Å². The van der Waals surface area contributed by atoms with E-state index in [1.54, 1.807) is 6.92 Å². The molecule has 1 rings (SSSR count). The van der Waals surface area contributed by atoms with Gasteiger partial charge >= 0.3 is 10.0 Å². The number of alkyl halides is 3. The molecule has 0 aliphatic carbocycles. The van der Waals surface area contributed by atoms with Crippen LogP contribution >= 0.6 is 46.9 Å². The fourth-order valence-electron chi connectivity index (χ4n) is 1.20. The standard InChI is InChI=1S/C9H12Cl2FN3O2S2/c1-5-6(18-8(2,3)13-5)14-17-7(16)15(4)19-9(10,11)12/h1-4H3. The van der Waals surface area contributed by atoms with Crippen LogP contribution < -0.4 is 0 Å². The number of halogens is 3. The molecule has 0 fully saturated rings. The number of oxime groups is 1. The largest absolute Gasteiger partial charge is 0.446 e. The second kappa shape index (κ2) is 6.07. The van der Waals surface area contributed by atoms with Gasteiger partial charge in [0.1, 0.15) is 4.87 Å². The Labute approximate surface area is 129 Å². The molecule has 0 unspecified atom stereocenters. The van der Waals surface area contributed by atoms with Crippen molar-refractivity contribution in [2.75, 3.05) is 7.05 Å². The second-order valence-corrected chi connectivity index (χ2v) is 8.60. The van der Waals surface area contributed by atoms with E-state index >= 15 is 0 Å². The van der Waals surface area contributed by atoms with Crippen LogP contribution in [0.5, 0.6) is 0 Å². The maximum absolute atomic E-state index is 12.9. The number of amides is 1. The van der Waals surface area contributed by atoms with Gasteiger partial charge in [-0.25, -0.2) is 9.10 Å². The predicted octanol–water partition coefficient (Wildman–Crippen LogP) is 4.02. The number of rotatable bonds is 3.